The van der Waals surface area contributed by atoms with Crippen molar-refractivity contribution in [3.8, 4) is 0 Å². The second-order valence-corrected chi connectivity index (χ2v) is 5.80. The van der Waals surface area contributed by atoms with Crippen molar-refractivity contribution < 1.29 is 0 Å². The van der Waals surface area contributed by atoms with Crippen molar-refractivity contribution in [1.29, 1.82) is 0 Å². The van der Waals surface area contributed by atoms with Gasteiger partial charge in [-0.25, -0.2) is 15.8 Å². The molecule has 0 spiro atoms. The van der Waals surface area contributed by atoms with E-state index in [9.17, 15) is 0 Å². The van der Waals surface area contributed by atoms with Gasteiger partial charge in [0.05, 0.1) is 18.1 Å². The van der Waals surface area contributed by atoms with Gasteiger partial charge in [0.15, 0.2) is 11.5 Å². The highest BCUT2D eigenvalue weighted by Gasteiger charge is 2.30. The van der Waals surface area contributed by atoms with Crippen LogP contribution in [0.3, 0.4) is 0 Å². The van der Waals surface area contributed by atoms with E-state index in [0.717, 1.165) is 23.4 Å². The van der Waals surface area contributed by atoms with E-state index in [1.807, 2.05) is 7.05 Å². The quantitative estimate of drug-likeness (QED) is 0.654. The van der Waals surface area contributed by atoms with Crippen molar-refractivity contribution in [3.05, 3.63) is 12.0 Å². The van der Waals surface area contributed by atoms with Crippen LogP contribution in [-0.4, -0.2) is 36.7 Å². The van der Waals surface area contributed by atoms with Crippen LogP contribution < -0.4 is 11.3 Å². The molecule has 2 aromatic rings. The maximum absolute atomic E-state index is 5.59. The first-order valence-corrected chi connectivity index (χ1v) is 7.55. The van der Waals surface area contributed by atoms with Gasteiger partial charge in [0.2, 0.25) is 0 Å². The number of aromatic nitrogens is 4. The van der Waals surface area contributed by atoms with Crippen molar-refractivity contribution >= 4 is 16.9 Å². The van der Waals surface area contributed by atoms with Gasteiger partial charge in [0, 0.05) is 19.1 Å². The molecule has 1 fully saturated rings. The summed E-state index contributed by atoms with van der Waals surface area (Å²) >= 11 is 0. The molecule has 1 saturated heterocycles. The van der Waals surface area contributed by atoms with Crippen LogP contribution in [0.25, 0.3) is 11.0 Å². The van der Waals surface area contributed by atoms with E-state index in [1.54, 1.807) is 10.9 Å². The van der Waals surface area contributed by atoms with Gasteiger partial charge in [-0.3, -0.25) is 9.58 Å². The standard InChI is InChI=1S/C14H23N7/c1-4-10-6-5-9(2)21(10)8-12-17-13(19-15)11-7-16-20(3)14(11)18-12/h7,9-10H,4-6,8,15H2,1-3H3,(H,17,18,19). The Balaban J connectivity index is 1.95. The molecule has 2 atom stereocenters. The number of nitrogens with zero attached hydrogens (tertiary/aromatic N) is 5. The molecule has 1 aliphatic rings. The Morgan fingerprint density at radius 1 is 1.38 bits per heavy atom. The molecular weight excluding hydrogens is 266 g/mol. The number of hydrogen-bond donors (Lipinski definition) is 2. The van der Waals surface area contributed by atoms with Gasteiger partial charge < -0.3 is 5.43 Å². The van der Waals surface area contributed by atoms with E-state index in [4.69, 9.17) is 5.84 Å². The maximum Gasteiger partial charge on any atom is 0.163 e. The number of rotatable bonds is 4. The van der Waals surface area contributed by atoms with E-state index in [0.29, 0.717) is 17.9 Å². The third-order valence-electron chi connectivity index (χ3n) is 4.52. The van der Waals surface area contributed by atoms with Gasteiger partial charge >= 0.3 is 0 Å². The smallest absolute Gasteiger partial charge is 0.163 e. The topological polar surface area (TPSA) is 84.9 Å². The summed E-state index contributed by atoms with van der Waals surface area (Å²) in [6.07, 6.45) is 5.41. The van der Waals surface area contributed by atoms with Crippen molar-refractivity contribution in [2.75, 3.05) is 5.43 Å². The van der Waals surface area contributed by atoms with Crippen LogP contribution in [0.4, 0.5) is 5.82 Å². The van der Waals surface area contributed by atoms with Gasteiger partial charge in [-0.2, -0.15) is 5.10 Å². The second kappa shape index (κ2) is 5.57. The van der Waals surface area contributed by atoms with Gasteiger partial charge in [0.25, 0.3) is 0 Å². The van der Waals surface area contributed by atoms with Crippen LogP contribution in [-0.2, 0) is 13.6 Å². The summed E-state index contributed by atoms with van der Waals surface area (Å²) in [5.41, 5.74) is 3.47. The van der Waals surface area contributed by atoms with E-state index >= 15 is 0 Å². The van der Waals surface area contributed by atoms with Crippen LogP contribution >= 0.6 is 0 Å². The van der Waals surface area contributed by atoms with E-state index in [-0.39, 0.29) is 0 Å². The molecule has 1 aliphatic heterocycles. The summed E-state index contributed by atoms with van der Waals surface area (Å²) in [6, 6.07) is 1.20. The highest BCUT2D eigenvalue weighted by molar-refractivity contribution is 5.86. The zero-order valence-corrected chi connectivity index (χ0v) is 12.9. The van der Waals surface area contributed by atoms with Crippen LogP contribution in [0.1, 0.15) is 38.9 Å². The van der Waals surface area contributed by atoms with E-state index < -0.39 is 0 Å². The minimum Gasteiger partial charge on any atom is -0.308 e. The molecule has 21 heavy (non-hydrogen) atoms. The summed E-state index contributed by atoms with van der Waals surface area (Å²) in [4.78, 5) is 11.7. The van der Waals surface area contributed by atoms with Crippen LogP contribution in [0, 0.1) is 0 Å². The fourth-order valence-electron chi connectivity index (χ4n) is 3.26. The lowest BCUT2D eigenvalue weighted by molar-refractivity contribution is 0.185. The SMILES string of the molecule is CCC1CCC(C)N1Cc1nc(NN)c2cnn(C)c2n1. The predicted molar refractivity (Wildman–Crippen MR) is 82.4 cm³/mol. The number of likely N-dealkylation sites (tertiary alicyclic amines) is 1. The predicted octanol–water partition coefficient (Wildman–Crippen LogP) is 1.41. The van der Waals surface area contributed by atoms with Crippen molar-refractivity contribution in [3.63, 3.8) is 0 Å². The third kappa shape index (κ3) is 2.47. The number of anilines is 1. The van der Waals surface area contributed by atoms with Gasteiger partial charge in [-0.1, -0.05) is 6.92 Å². The van der Waals surface area contributed by atoms with E-state index in [2.05, 4.69) is 39.2 Å². The van der Waals surface area contributed by atoms with Crippen molar-refractivity contribution in [1.82, 2.24) is 24.6 Å². The number of fused-ring (bicyclic) bond motifs is 1. The zero-order valence-electron chi connectivity index (χ0n) is 12.9. The minimum absolute atomic E-state index is 0.579. The summed E-state index contributed by atoms with van der Waals surface area (Å²) in [5, 5.41) is 5.08. The summed E-state index contributed by atoms with van der Waals surface area (Å²) < 4.78 is 1.76. The van der Waals surface area contributed by atoms with Gasteiger partial charge in [-0.15, -0.1) is 0 Å². The third-order valence-corrected chi connectivity index (χ3v) is 4.52. The average Bonchev–Trinajstić information content (AvgIpc) is 3.03. The Morgan fingerprint density at radius 3 is 2.90 bits per heavy atom. The lowest BCUT2D eigenvalue weighted by Crippen LogP contribution is -2.34. The molecule has 2 aromatic heterocycles. The molecule has 7 nitrogen and oxygen atoms in total. The summed E-state index contributed by atoms with van der Waals surface area (Å²) in [5.74, 6) is 7.03. The van der Waals surface area contributed by atoms with Crippen LogP contribution in [0.5, 0.6) is 0 Å². The van der Waals surface area contributed by atoms with Gasteiger partial charge in [-0.05, 0) is 26.2 Å². The fraction of sp³-hybridized carbons (Fsp3) is 0.643. The molecular formula is C14H23N7. The lowest BCUT2D eigenvalue weighted by atomic mass is 10.1. The molecule has 0 saturated carbocycles. The largest absolute Gasteiger partial charge is 0.308 e. The first-order chi connectivity index (χ1) is 10.1. The number of nitrogens with one attached hydrogen (secondary N) is 1. The minimum atomic E-state index is 0.579. The van der Waals surface area contributed by atoms with Crippen molar-refractivity contribution in [2.45, 2.75) is 51.7 Å². The van der Waals surface area contributed by atoms with Crippen LogP contribution in [0.2, 0.25) is 0 Å². The molecule has 0 aromatic carbocycles. The molecule has 0 amide bonds. The number of nitrogen functional groups attached to an aromatic ring is 1. The summed E-state index contributed by atoms with van der Waals surface area (Å²) in [7, 11) is 1.88. The van der Waals surface area contributed by atoms with Crippen LogP contribution in [0.15, 0.2) is 6.20 Å². The first kappa shape index (κ1) is 14.2. The Kier molecular flexibility index (Phi) is 3.77. The van der Waals surface area contributed by atoms with Gasteiger partial charge in [0.1, 0.15) is 5.82 Å². The average molecular weight is 289 g/mol. The lowest BCUT2D eigenvalue weighted by Gasteiger charge is -2.26. The molecule has 0 radical (unpaired) electrons. The Labute approximate surface area is 124 Å². The fourth-order valence-corrected chi connectivity index (χ4v) is 3.26. The number of nitrogens with two attached hydrogens (primary N) is 1. The molecule has 3 heterocycles. The second-order valence-electron chi connectivity index (χ2n) is 5.80. The Morgan fingerprint density at radius 2 is 2.19 bits per heavy atom. The molecule has 0 bridgehead atoms. The Bertz CT molecular complexity index is 636. The van der Waals surface area contributed by atoms with Crippen molar-refractivity contribution in [2.24, 2.45) is 12.9 Å². The molecule has 0 aliphatic carbocycles. The monoisotopic (exact) mass is 289 g/mol. The number of hydrogen-bond acceptors (Lipinski definition) is 6. The molecule has 2 unspecified atom stereocenters. The maximum atomic E-state index is 5.59. The van der Waals surface area contributed by atoms with E-state index in [1.165, 1.54) is 19.3 Å². The molecule has 7 heteroatoms. The highest BCUT2D eigenvalue weighted by atomic mass is 15.3. The normalized spacial score (nSPS) is 23.0. The number of aryl methyl sites for hydroxylation is 1. The number of hydrazine groups is 1. The Hall–Kier alpha value is -1.73. The first-order valence-electron chi connectivity index (χ1n) is 7.55. The summed E-state index contributed by atoms with van der Waals surface area (Å²) in [6.45, 7) is 5.28. The zero-order chi connectivity index (χ0) is 15.0. The molecule has 3 rings (SSSR count). The molecule has 114 valence electrons. The molecule has 3 N–H and O–H groups in total. The highest BCUT2D eigenvalue weighted by Crippen LogP contribution is 2.28.